The van der Waals surface area contributed by atoms with E-state index in [9.17, 15) is 9.18 Å². The summed E-state index contributed by atoms with van der Waals surface area (Å²) in [5.74, 6) is 1.56. The van der Waals surface area contributed by atoms with Gasteiger partial charge in [-0.25, -0.2) is 4.39 Å². The molecular formula is C21H18FNO2S. The summed E-state index contributed by atoms with van der Waals surface area (Å²) in [4.78, 5) is 13.2. The maximum absolute atomic E-state index is 12.9. The normalized spacial score (nSPS) is 10.3. The smallest absolute Gasteiger partial charge is 0.225 e. The topological polar surface area (TPSA) is 38.3 Å². The number of ether oxygens (including phenoxy) is 1. The van der Waals surface area contributed by atoms with Crippen LogP contribution in [-0.2, 0) is 4.79 Å². The number of nitrogens with one attached hydrogen (secondary N) is 1. The quantitative estimate of drug-likeness (QED) is 0.541. The van der Waals surface area contributed by atoms with Crippen molar-refractivity contribution in [1.29, 1.82) is 0 Å². The fourth-order valence-electron chi connectivity index (χ4n) is 2.28. The number of carbonyl (C=O) groups is 1. The van der Waals surface area contributed by atoms with Gasteiger partial charge in [0.1, 0.15) is 11.6 Å². The van der Waals surface area contributed by atoms with Gasteiger partial charge >= 0.3 is 0 Å². The standard InChI is InChI=1S/C21H18FNO2S/c22-16-10-12-18(13-11-16)26-15-14-21(24)23-19-8-4-5-9-20(19)25-17-6-2-1-3-7-17/h1-13H,14-15H2,(H,23,24). The van der Waals surface area contributed by atoms with Crippen molar-refractivity contribution in [3.63, 3.8) is 0 Å². The summed E-state index contributed by atoms with van der Waals surface area (Å²) in [6.07, 6.45) is 0.349. The fourth-order valence-corrected chi connectivity index (χ4v) is 3.13. The van der Waals surface area contributed by atoms with E-state index in [1.165, 1.54) is 23.9 Å². The Morgan fingerprint density at radius 1 is 0.923 bits per heavy atom. The third-order valence-electron chi connectivity index (χ3n) is 3.54. The predicted octanol–water partition coefficient (Wildman–Crippen LogP) is 5.74. The number of rotatable bonds is 7. The Morgan fingerprint density at radius 2 is 1.62 bits per heavy atom. The predicted molar refractivity (Wildman–Crippen MR) is 103 cm³/mol. The number of halogens is 1. The lowest BCUT2D eigenvalue weighted by molar-refractivity contribution is -0.115. The molecule has 0 aliphatic rings. The number of hydrogen-bond acceptors (Lipinski definition) is 3. The highest BCUT2D eigenvalue weighted by Gasteiger charge is 2.08. The minimum Gasteiger partial charge on any atom is -0.455 e. The molecule has 0 radical (unpaired) electrons. The minimum absolute atomic E-state index is 0.0938. The van der Waals surface area contributed by atoms with Gasteiger partial charge in [0.2, 0.25) is 5.91 Å². The second kappa shape index (κ2) is 9.06. The summed E-state index contributed by atoms with van der Waals surface area (Å²) in [5, 5.41) is 2.89. The molecule has 0 saturated heterocycles. The maximum Gasteiger partial charge on any atom is 0.225 e. The SMILES string of the molecule is O=C(CCSc1ccc(F)cc1)Nc1ccccc1Oc1ccccc1. The summed E-state index contributed by atoms with van der Waals surface area (Å²) in [6.45, 7) is 0. The summed E-state index contributed by atoms with van der Waals surface area (Å²) < 4.78 is 18.7. The van der Waals surface area contributed by atoms with E-state index in [4.69, 9.17) is 4.74 Å². The van der Waals surface area contributed by atoms with Gasteiger partial charge < -0.3 is 10.1 Å². The highest BCUT2D eigenvalue weighted by molar-refractivity contribution is 7.99. The van der Waals surface area contributed by atoms with Crippen LogP contribution in [0.2, 0.25) is 0 Å². The van der Waals surface area contributed by atoms with E-state index < -0.39 is 0 Å². The number of hydrogen-bond donors (Lipinski definition) is 1. The molecule has 0 unspecified atom stereocenters. The first-order chi connectivity index (χ1) is 12.7. The van der Waals surface area contributed by atoms with Crippen LogP contribution in [0.25, 0.3) is 0 Å². The second-order valence-electron chi connectivity index (χ2n) is 5.51. The Labute approximate surface area is 156 Å². The maximum atomic E-state index is 12.9. The minimum atomic E-state index is -0.262. The van der Waals surface area contributed by atoms with Crippen LogP contribution in [-0.4, -0.2) is 11.7 Å². The molecule has 0 aromatic heterocycles. The molecule has 5 heteroatoms. The molecule has 0 atom stereocenters. The number of benzene rings is 3. The van der Waals surface area contributed by atoms with Gasteiger partial charge in [-0.3, -0.25) is 4.79 Å². The Bertz CT molecular complexity index is 853. The number of para-hydroxylation sites is 3. The average Bonchev–Trinajstić information content (AvgIpc) is 2.66. The molecular weight excluding hydrogens is 349 g/mol. The van der Waals surface area contributed by atoms with E-state index in [1.54, 1.807) is 12.1 Å². The van der Waals surface area contributed by atoms with Gasteiger partial charge in [-0.15, -0.1) is 11.8 Å². The van der Waals surface area contributed by atoms with Gasteiger partial charge in [-0.1, -0.05) is 30.3 Å². The zero-order valence-corrected chi connectivity index (χ0v) is 14.8. The third-order valence-corrected chi connectivity index (χ3v) is 4.56. The zero-order valence-electron chi connectivity index (χ0n) is 14.0. The molecule has 26 heavy (non-hydrogen) atoms. The summed E-state index contributed by atoms with van der Waals surface area (Å²) in [7, 11) is 0. The molecule has 0 aliphatic heterocycles. The molecule has 0 aliphatic carbocycles. The number of thioether (sulfide) groups is 1. The molecule has 132 valence electrons. The highest BCUT2D eigenvalue weighted by atomic mass is 32.2. The molecule has 3 aromatic carbocycles. The Morgan fingerprint density at radius 3 is 2.38 bits per heavy atom. The van der Waals surface area contributed by atoms with E-state index in [2.05, 4.69) is 5.32 Å². The lowest BCUT2D eigenvalue weighted by Crippen LogP contribution is -2.12. The summed E-state index contributed by atoms with van der Waals surface area (Å²) >= 11 is 1.52. The van der Waals surface area contributed by atoms with Crippen LogP contribution in [0.4, 0.5) is 10.1 Å². The highest BCUT2D eigenvalue weighted by Crippen LogP contribution is 2.29. The van der Waals surface area contributed by atoms with Crippen molar-refractivity contribution < 1.29 is 13.9 Å². The van der Waals surface area contributed by atoms with Crippen molar-refractivity contribution in [1.82, 2.24) is 0 Å². The summed E-state index contributed by atoms with van der Waals surface area (Å²) in [5.41, 5.74) is 0.633. The van der Waals surface area contributed by atoms with Crippen LogP contribution in [0.5, 0.6) is 11.5 Å². The van der Waals surface area contributed by atoms with Crippen molar-refractivity contribution >= 4 is 23.4 Å². The van der Waals surface area contributed by atoms with Crippen LogP contribution < -0.4 is 10.1 Å². The van der Waals surface area contributed by atoms with Gasteiger partial charge in [-0.05, 0) is 48.5 Å². The van der Waals surface area contributed by atoms with Crippen LogP contribution in [0, 0.1) is 5.82 Å². The first-order valence-electron chi connectivity index (χ1n) is 8.21. The van der Waals surface area contributed by atoms with E-state index in [1.807, 2.05) is 54.6 Å². The Balaban J connectivity index is 1.55. The fraction of sp³-hybridized carbons (Fsp3) is 0.0952. The molecule has 1 N–H and O–H groups in total. The molecule has 1 amide bonds. The van der Waals surface area contributed by atoms with E-state index in [0.29, 0.717) is 29.4 Å². The molecule has 0 bridgehead atoms. The first-order valence-corrected chi connectivity index (χ1v) is 9.19. The van der Waals surface area contributed by atoms with Crippen LogP contribution in [0.3, 0.4) is 0 Å². The van der Waals surface area contributed by atoms with Gasteiger partial charge in [0.25, 0.3) is 0 Å². The van der Waals surface area contributed by atoms with Crippen molar-refractivity contribution in [2.75, 3.05) is 11.1 Å². The van der Waals surface area contributed by atoms with Crippen LogP contribution >= 0.6 is 11.8 Å². The van der Waals surface area contributed by atoms with Gasteiger partial charge in [0, 0.05) is 17.1 Å². The van der Waals surface area contributed by atoms with E-state index >= 15 is 0 Å². The molecule has 3 nitrogen and oxygen atoms in total. The second-order valence-corrected chi connectivity index (χ2v) is 6.68. The molecule has 3 rings (SSSR count). The number of carbonyl (C=O) groups excluding carboxylic acids is 1. The first kappa shape index (κ1) is 18.0. The van der Waals surface area contributed by atoms with Gasteiger partial charge in [0.15, 0.2) is 5.75 Å². The largest absolute Gasteiger partial charge is 0.455 e. The molecule has 0 heterocycles. The number of amides is 1. The lowest BCUT2D eigenvalue weighted by atomic mass is 10.2. The Hall–Kier alpha value is -2.79. The average molecular weight is 367 g/mol. The van der Waals surface area contributed by atoms with Gasteiger partial charge in [-0.2, -0.15) is 0 Å². The Kier molecular flexibility index (Phi) is 6.28. The van der Waals surface area contributed by atoms with E-state index in [-0.39, 0.29) is 11.7 Å². The van der Waals surface area contributed by atoms with Crippen LogP contribution in [0.15, 0.2) is 83.8 Å². The van der Waals surface area contributed by atoms with Gasteiger partial charge in [0.05, 0.1) is 5.69 Å². The van der Waals surface area contributed by atoms with Crippen LogP contribution in [0.1, 0.15) is 6.42 Å². The zero-order chi connectivity index (χ0) is 18.2. The molecule has 3 aromatic rings. The van der Waals surface area contributed by atoms with Crippen molar-refractivity contribution in [3.8, 4) is 11.5 Å². The van der Waals surface area contributed by atoms with Crippen molar-refractivity contribution in [2.45, 2.75) is 11.3 Å². The van der Waals surface area contributed by atoms with E-state index in [0.717, 1.165) is 4.90 Å². The molecule has 0 saturated carbocycles. The molecule has 0 fully saturated rings. The molecule has 0 spiro atoms. The lowest BCUT2D eigenvalue weighted by Gasteiger charge is -2.12. The third kappa shape index (κ3) is 5.36. The van der Waals surface area contributed by atoms with Crippen molar-refractivity contribution in [3.05, 3.63) is 84.7 Å². The van der Waals surface area contributed by atoms with Crippen molar-refractivity contribution in [2.24, 2.45) is 0 Å². The summed E-state index contributed by atoms with van der Waals surface area (Å²) in [6, 6.07) is 23.0. The number of anilines is 1. The monoisotopic (exact) mass is 367 g/mol.